The lowest BCUT2D eigenvalue weighted by molar-refractivity contribution is 0.209. The summed E-state index contributed by atoms with van der Waals surface area (Å²) in [5, 5.41) is 1.02. The van der Waals surface area contributed by atoms with E-state index in [0.717, 1.165) is 10.9 Å². The van der Waals surface area contributed by atoms with E-state index in [1.54, 1.807) is 13.8 Å². The van der Waals surface area contributed by atoms with Gasteiger partial charge in [0, 0.05) is 18.1 Å². The number of nitrogens with zero attached hydrogens (tertiary/aromatic N) is 1. The molecule has 0 atom stereocenters. The number of aromatic nitrogens is 1. The average molecular weight is 206 g/mol. The molecule has 1 heterocycles. The first-order valence-corrected chi connectivity index (χ1v) is 4.94. The van der Waals surface area contributed by atoms with Crippen molar-refractivity contribution < 1.29 is 4.39 Å². The van der Waals surface area contributed by atoms with Crippen molar-refractivity contribution in [2.75, 3.05) is 5.73 Å². The van der Waals surface area contributed by atoms with Crippen LogP contribution in [0.4, 0.5) is 10.1 Å². The van der Waals surface area contributed by atoms with Gasteiger partial charge in [0.1, 0.15) is 5.67 Å². The Labute approximate surface area is 88.5 Å². The zero-order valence-corrected chi connectivity index (χ0v) is 9.21. The Morgan fingerprint density at radius 1 is 1.27 bits per heavy atom. The second-order valence-corrected chi connectivity index (χ2v) is 4.38. The van der Waals surface area contributed by atoms with Crippen LogP contribution in [0.3, 0.4) is 0 Å². The Bertz CT molecular complexity index is 506. The van der Waals surface area contributed by atoms with Gasteiger partial charge < -0.3 is 10.3 Å². The standard InChI is InChI=1S/C12H15FN2/c1-12(2,13)11-6-8-4-5-9(14)7-10(8)15(11)3/h4-7H,14H2,1-3H3. The SMILES string of the molecule is Cn1c(C(C)(C)F)cc2ccc(N)cc21. The van der Waals surface area contributed by atoms with Crippen LogP contribution in [-0.2, 0) is 12.7 Å². The van der Waals surface area contributed by atoms with Crippen molar-refractivity contribution in [2.45, 2.75) is 19.5 Å². The number of nitrogen functional groups attached to an aromatic ring is 1. The molecule has 0 aliphatic heterocycles. The van der Waals surface area contributed by atoms with Crippen LogP contribution in [0.2, 0.25) is 0 Å². The molecule has 0 spiro atoms. The maximum absolute atomic E-state index is 13.9. The molecule has 2 N–H and O–H groups in total. The van der Waals surface area contributed by atoms with Gasteiger partial charge in [-0.3, -0.25) is 0 Å². The molecule has 0 unspecified atom stereocenters. The fraction of sp³-hybridized carbons (Fsp3) is 0.333. The van der Waals surface area contributed by atoms with Crippen molar-refractivity contribution in [3.05, 3.63) is 30.0 Å². The lowest BCUT2D eigenvalue weighted by Gasteiger charge is -2.15. The summed E-state index contributed by atoms with van der Waals surface area (Å²) in [7, 11) is 1.86. The lowest BCUT2D eigenvalue weighted by Crippen LogP contribution is -2.13. The van der Waals surface area contributed by atoms with Crippen molar-refractivity contribution >= 4 is 16.6 Å². The topological polar surface area (TPSA) is 30.9 Å². The molecule has 0 aliphatic rings. The van der Waals surface area contributed by atoms with E-state index in [4.69, 9.17) is 5.73 Å². The number of alkyl halides is 1. The van der Waals surface area contributed by atoms with Gasteiger partial charge in [-0.1, -0.05) is 6.07 Å². The fourth-order valence-electron chi connectivity index (χ4n) is 1.92. The lowest BCUT2D eigenvalue weighted by atomic mass is 10.1. The molecule has 0 fully saturated rings. The molecule has 0 aliphatic carbocycles. The van der Waals surface area contributed by atoms with Gasteiger partial charge in [-0.25, -0.2) is 4.39 Å². The quantitative estimate of drug-likeness (QED) is 0.714. The van der Waals surface area contributed by atoms with Gasteiger partial charge in [0.25, 0.3) is 0 Å². The number of hydrogen-bond acceptors (Lipinski definition) is 1. The van der Waals surface area contributed by atoms with E-state index >= 15 is 0 Å². The Morgan fingerprint density at radius 2 is 1.93 bits per heavy atom. The molecule has 3 heteroatoms. The van der Waals surface area contributed by atoms with Gasteiger partial charge in [-0.05, 0) is 32.0 Å². The molecule has 2 aromatic rings. The minimum absolute atomic E-state index is 0.670. The summed E-state index contributed by atoms with van der Waals surface area (Å²) in [5.74, 6) is 0. The van der Waals surface area contributed by atoms with E-state index in [9.17, 15) is 4.39 Å². The monoisotopic (exact) mass is 206 g/mol. The van der Waals surface area contributed by atoms with Crippen molar-refractivity contribution in [1.82, 2.24) is 4.57 Å². The molecule has 0 saturated heterocycles. The normalized spacial score (nSPS) is 12.3. The number of fused-ring (bicyclic) bond motifs is 1. The van der Waals surface area contributed by atoms with Crippen LogP contribution in [0.25, 0.3) is 10.9 Å². The first-order valence-electron chi connectivity index (χ1n) is 4.94. The number of nitrogens with two attached hydrogens (primary N) is 1. The van der Waals surface area contributed by atoms with Crippen molar-refractivity contribution in [3.8, 4) is 0 Å². The maximum Gasteiger partial charge on any atom is 0.145 e. The minimum atomic E-state index is -1.33. The highest BCUT2D eigenvalue weighted by molar-refractivity contribution is 5.84. The zero-order valence-electron chi connectivity index (χ0n) is 9.21. The molecule has 0 bridgehead atoms. The van der Waals surface area contributed by atoms with Crippen LogP contribution in [0.1, 0.15) is 19.5 Å². The van der Waals surface area contributed by atoms with Crippen LogP contribution >= 0.6 is 0 Å². The van der Waals surface area contributed by atoms with Crippen LogP contribution in [-0.4, -0.2) is 4.57 Å². The number of rotatable bonds is 1. The highest BCUT2D eigenvalue weighted by Crippen LogP contribution is 2.30. The summed E-state index contributed by atoms with van der Waals surface area (Å²) in [5.41, 5.74) is 6.71. The molecule has 1 aromatic carbocycles. The molecule has 1 aromatic heterocycles. The smallest absolute Gasteiger partial charge is 0.145 e. The van der Waals surface area contributed by atoms with E-state index in [2.05, 4.69) is 0 Å². The predicted octanol–water partition coefficient (Wildman–Crippen LogP) is 2.97. The van der Waals surface area contributed by atoms with Gasteiger partial charge in [-0.2, -0.15) is 0 Å². The summed E-state index contributed by atoms with van der Waals surface area (Å²) in [6.45, 7) is 3.12. The van der Waals surface area contributed by atoms with Gasteiger partial charge >= 0.3 is 0 Å². The van der Waals surface area contributed by atoms with Crippen molar-refractivity contribution in [3.63, 3.8) is 0 Å². The molecular weight excluding hydrogens is 191 g/mol. The molecule has 2 rings (SSSR count). The second-order valence-electron chi connectivity index (χ2n) is 4.38. The minimum Gasteiger partial charge on any atom is -0.399 e. The highest BCUT2D eigenvalue weighted by atomic mass is 19.1. The Hall–Kier alpha value is -1.51. The summed E-state index contributed by atoms with van der Waals surface area (Å²) < 4.78 is 15.7. The molecule has 2 nitrogen and oxygen atoms in total. The fourth-order valence-corrected chi connectivity index (χ4v) is 1.92. The first-order chi connectivity index (χ1) is 6.89. The van der Waals surface area contributed by atoms with E-state index in [-0.39, 0.29) is 0 Å². The number of aryl methyl sites for hydroxylation is 1. The Kier molecular flexibility index (Phi) is 2.00. The first kappa shape index (κ1) is 10.0. The van der Waals surface area contributed by atoms with E-state index in [0.29, 0.717) is 11.4 Å². The summed E-state index contributed by atoms with van der Waals surface area (Å²) >= 11 is 0. The van der Waals surface area contributed by atoms with Gasteiger partial charge in [0.2, 0.25) is 0 Å². The van der Waals surface area contributed by atoms with Crippen LogP contribution in [0.15, 0.2) is 24.3 Å². The van der Waals surface area contributed by atoms with Crippen molar-refractivity contribution in [1.29, 1.82) is 0 Å². The van der Waals surface area contributed by atoms with Gasteiger partial charge in [-0.15, -0.1) is 0 Å². The number of hydrogen-bond donors (Lipinski definition) is 1. The Morgan fingerprint density at radius 3 is 2.53 bits per heavy atom. The highest BCUT2D eigenvalue weighted by Gasteiger charge is 2.23. The third-order valence-electron chi connectivity index (χ3n) is 2.68. The van der Waals surface area contributed by atoms with Crippen LogP contribution in [0, 0.1) is 0 Å². The molecule has 80 valence electrons. The predicted molar refractivity (Wildman–Crippen MR) is 61.5 cm³/mol. The van der Waals surface area contributed by atoms with E-state index < -0.39 is 5.67 Å². The zero-order chi connectivity index (χ0) is 11.2. The van der Waals surface area contributed by atoms with Crippen molar-refractivity contribution in [2.24, 2.45) is 7.05 Å². The molecule has 0 radical (unpaired) electrons. The molecule has 15 heavy (non-hydrogen) atoms. The van der Waals surface area contributed by atoms with Gasteiger partial charge in [0.05, 0.1) is 11.2 Å². The molecule has 0 amide bonds. The average Bonchev–Trinajstić information content (AvgIpc) is 2.43. The summed E-state index contributed by atoms with van der Waals surface area (Å²) in [6, 6.07) is 7.48. The number of benzene rings is 1. The molecular formula is C12H15FN2. The summed E-state index contributed by atoms with van der Waals surface area (Å²) in [4.78, 5) is 0. The maximum atomic E-state index is 13.9. The summed E-state index contributed by atoms with van der Waals surface area (Å²) in [6.07, 6.45) is 0. The van der Waals surface area contributed by atoms with E-state index in [1.165, 1.54) is 0 Å². The third-order valence-corrected chi connectivity index (χ3v) is 2.68. The third kappa shape index (κ3) is 1.58. The van der Waals surface area contributed by atoms with Crippen LogP contribution in [0.5, 0.6) is 0 Å². The number of halogens is 1. The number of anilines is 1. The van der Waals surface area contributed by atoms with Gasteiger partial charge in [0.15, 0.2) is 0 Å². The largest absolute Gasteiger partial charge is 0.399 e. The van der Waals surface area contributed by atoms with E-state index in [1.807, 2.05) is 35.9 Å². The second kappa shape index (κ2) is 2.99. The van der Waals surface area contributed by atoms with Crippen LogP contribution < -0.4 is 5.73 Å². The molecule has 0 saturated carbocycles. The Balaban J connectivity index is 2.76.